The van der Waals surface area contributed by atoms with Crippen molar-refractivity contribution in [2.45, 2.75) is 10.5 Å². The molecule has 152 valence electrons. The van der Waals surface area contributed by atoms with Gasteiger partial charge in [0.05, 0.1) is 12.0 Å². The molecule has 0 amide bonds. The number of carbonyl (C=O) groups excluding carboxylic acids is 1. The van der Waals surface area contributed by atoms with Crippen molar-refractivity contribution < 1.29 is 50.2 Å². The van der Waals surface area contributed by atoms with Gasteiger partial charge in [0.2, 0.25) is 27.5 Å². The number of nitrogens with zero attached hydrogens (tertiary/aromatic N) is 3. The maximum atomic E-state index is 11.7. The van der Waals surface area contributed by atoms with Gasteiger partial charge in [-0.1, -0.05) is 0 Å². The summed E-state index contributed by atoms with van der Waals surface area (Å²) in [5, 5.41) is 48.6. The molecular weight excluding hydrogens is 426 g/mol. The molecule has 0 saturated carbocycles. The predicted octanol–water partition coefficient (Wildman–Crippen LogP) is -3.57. The fourth-order valence-corrected chi connectivity index (χ4v) is 4.33. The van der Waals surface area contributed by atoms with Crippen molar-refractivity contribution in [1.82, 2.24) is 0 Å². The molecule has 2 unspecified atom stereocenters. The molecule has 0 saturated heterocycles. The van der Waals surface area contributed by atoms with Crippen molar-refractivity contribution in [2.75, 3.05) is 7.11 Å². The Hall–Kier alpha value is -3.03. The van der Waals surface area contributed by atoms with Crippen LogP contribution in [-0.4, -0.2) is 75.7 Å². The van der Waals surface area contributed by atoms with Crippen molar-refractivity contribution in [2.24, 2.45) is 0 Å². The van der Waals surface area contributed by atoms with Crippen molar-refractivity contribution in [3.63, 3.8) is 0 Å². The van der Waals surface area contributed by atoms with Gasteiger partial charge >= 0.3 is 5.97 Å². The molecule has 0 aromatic heterocycles. The van der Waals surface area contributed by atoms with Crippen LogP contribution in [0.15, 0.2) is 11.3 Å². The fraction of sp³-hybridized carbons (Fsp3) is 0.375. The average Bonchev–Trinajstić information content (AvgIpc) is 2.48. The lowest BCUT2D eigenvalue weighted by molar-refractivity contribution is -0.430. The van der Waals surface area contributed by atoms with Gasteiger partial charge in [-0.25, -0.2) is 21.6 Å². The van der Waals surface area contributed by atoms with E-state index in [-0.39, 0.29) is 0 Å². The quantitative estimate of drug-likeness (QED) is 0.137. The van der Waals surface area contributed by atoms with E-state index in [1.165, 1.54) is 0 Å². The van der Waals surface area contributed by atoms with E-state index < -0.39 is 74.1 Å². The van der Waals surface area contributed by atoms with E-state index in [0.29, 0.717) is 7.11 Å². The van der Waals surface area contributed by atoms with Crippen LogP contribution in [0.25, 0.3) is 0 Å². The molecule has 0 heterocycles. The number of hydrogen-bond acceptors (Lipinski definition) is 14. The number of rotatable bonds is 4. The van der Waals surface area contributed by atoms with Gasteiger partial charge in [-0.15, -0.1) is 0 Å². The van der Waals surface area contributed by atoms with Gasteiger partial charge in [0.1, 0.15) is 20.2 Å². The summed E-state index contributed by atoms with van der Waals surface area (Å²) in [6.45, 7) is 0. The van der Waals surface area contributed by atoms with Crippen LogP contribution in [0.3, 0.4) is 0 Å². The topological polar surface area (TPSA) is 282 Å². The smallest absolute Gasteiger partial charge is 0.351 e. The monoisotopic (exact) mass is 431 g/mol. The third-order valence-corrected chi connectivity index (χ3v) is 5.20. The number of carbonyl (C=O) groups is 1. The molecule has 0 radical (unpaired) electrons. The second-order valence-electron chi connectivity index (χ2n) is 4.58. The summed E-state index contributed by atoms with van der Waals surface area (Å²) in [4.78, 5) is 17.3. The van der Waals surface area contributed by atoms with Crippen molar-refractivity contribution >= 4 is 37.6 Å². The summed E-state index contributed by atoms with van der Waals surface area (Å²) in [6.07, 6.45) is 0. The van der Waals surface area contributed by atoms with Gasteiger partial charge in [0.25, 0.3) is 5.70 Å². The Kier molecular flexibility index (Phi) is 5.66. The van der Waals surface area contributed by atoms with Gasteiger partial charge in [-0.3, -0.25) is 10.1 Å². The predicted molar refractivity (Wildman–Crippen MR) is 77.0 cm³/mol. The summed E-state index contributed by atoms with van der Waals surface area (Å²) < 4.78 is 72.2. The van der Waals surface area contributed by atoms with Crippen LogP contribution < -0.4 is 0 Å². The summed E-state index contributed by atoms with van der Waals surface area (Å²) in [6, 6.07) is 0. The van der Waals surface area contributed by atoms with Crippen LogP contribution in [0, 0.1) is 30.9 Å². The third-order valence-electron chi connectivity index (χ3n) is 3.12. The van der Waals surface area contributed by atoms with Crippen molar-refractivity contribution in [3.05, 3.63) is 42.2 Å². The number of methoxy groups -OCH3 is 1. The number of hydrogen-bond donors (Lipinski definition) is 0. The van der Waals surface area contributed by atoms with Crippen LogP contribution in [0.1, 0.15) is 0 Å². The second kappa shape index (κ2) is 6.94. The van der Waals surface area contributed by atoms with Gasteiger partial charge in [-0.05, 0) is 0 Å². The molecule has 19 heteroatoms. The van der Waals surface area contributed by atoms with Gasteiger partial charge in [-0.2, -0.15) is 9.80 Å². The minimum absolute atomic E-state index is 0.485. The molecule has 0 N–H and O–H groups in total. The summed E-state index contributed by atoms with van der Waals surface area (Å²) in [5.74, 6) is -2.07. The highest BCUT2D eigenvalue weighted by Crippen LogP contribution is 2.31. The minimum Gasteiger partial charge on any atom is -0.747 e. The molecule has 1 aliphatic rings. The van der Waals surface area contributed by atoms with Crippen LogP contribution >= 0.6 is 0 Å². The van der Waals surface area contributed by atoms with E-state index in [9.17, 15) is 61.7 Å². The van der Waals surface area contributed by atoms with Gasteiger partial charge in [0, 0.05) is 0 Å². The second-order valence-corrected chi connectivity index (χ2v) is 7.49. The number of nitro groups is 1. The largest absolute Gasteiger partial charge is 0.747 e. The third kappa shape index (κ3) is 3.89. The van der Waals surface area contributed by atoms with E-state index in [2.05, 4.69) is 4.74 Å². The highest BCUT2D eigenvalue weighted by Gasteiger charge is 2.60. The molecule has 0 aromatic carbocycles. The van der Waals surface area contributed by atoms with Crippen LogP contribution in [0.5, 0.6) is 0 Å². The first kappa shape index (κ1) is 22.0. The fourth-order valence-electron chi connectivity index (χ4n) is 2.26. The average molecular weight is 431 g/mol. The summed E-state index contributed by atoms with van der Waals surface area (Å²) in [7, 11) is -11.9. The first-order valence-electron chi connectivity index (χ1n) is 5.96. The lowest BCUT2D eigenvalue weighted by Gasteiger charge is -2.31. The Morgan fingerprint density at radius 3 is 1.63 bits per heavy atom. The van der Waals surface area contributed by atoms with Crippen LogP contribution in [0.2, 0.25) is 0 Å². The zero-order valence-corrected chi connectivity index (χ0v) is 14.2. The van der Waals surface area contributed by atoms with E-state index in [0.717, 1.165) is 0 Å². The molecule has 1 rings (SSSR count). The van der Waals surface area contributed by atoms with E-state index in [1.54, 1.807) is 0 Å². The van der Waals surface area contributed by atoms with E-state index in [1.807, 2.05) is 0 Å². The summed E-state index contributed by atoms with van der Waals surface area (Å²) >= 11 is 0. The maximum absolute atomic E-state index is 11.7. The molecular formula is C8H5N3O14S2-4. The molecule has 0 bridgehead atoms. The maximum Gasteiger partial charge on any atom is 0.351 e. The SMILES string of the molecule is COC(=O)C1=C([N+](=O)[O-])C(S(=O)(=O)[O-])C(=[N+]([O-])[O-])C(S(=O)(=O)[O-])C1=[N+]([O-])[O-]. The van der Waals surface area contributed by atoms with Crippen LogP contribution in [0.4, 0.5) is 0 Å². The molecule has 2 atom stereocenters. The Bertz CT molecular complexity index is 995. The zero-order chi connectivity index (χ0) is 21.5. The first-order chi connectivity index (χ1) is 12.1. The Morgan fingerprint density at radius 2 is 1.37 bits per heavy atom. The van der Waals surface area contributed by atoms with Gasteiger partial charge in [0.15, 0.2) is 0 Å². The highest BCUT2D eigenvalue weighted by molar-refractivity contribution is 7.89. The zero-order valence-electron chi connectivity index (χ0n) is 12.5. The Morgan fingerprint density at radius 1 is 0.926 bits per heavy atom. The molecule has 0 fully saturated rings. The molecule has 0 spiro atoms. The molecule has 27 heavy (non-hydrogen) atoms. The first-order valence-corrected chi connectivity index (χ1v) is 8.90. The number of esters is 1. The van der Waals surface area contributed by atoms with Crippen molar-refractivity contribution in [3.8, 4) is 0 Å². The van der Waals surface area contributed by atoms with Crippen LogP contribution in [-0.2, 0) is 29.8 Å². The van der Waals surface area contributed by atoms with Crippen molar-refractivity contribution in [1.29, 1.82) is 0 Å². The lowest BCUT2D eigenvalue weighted by Crippen LogP contribution is -2.57. The molecule has 17 nitrogen and oxygen atoms in total. The summed E-state index contributed by atoms with van der Waals surface area (Å²) in [5.41, 5.74) is -8.72. The lowest BCUT2D eigenvalue weighted by atomic mass is 9.91. The minimum atomic E-state index is -6.21. The van der Waals surface area contributed by atoms with Gasteiger partial charge < -0.3 is 34.7 Å². The Labute approximate surface area is 148 Å². The van der Waals surface area contributed by atoms with E-state index >= 15 is 0 Å². The number of ether oxygens (including phenoxy) is 1. The normalized spacial score (nSPS) is 21.0. The molecule has 0 aliphatic heterocycles. The Balaban J connectivity index is 4.44. The highest BCUT2D eigenvalue weighted by atomic mass is 32.2. The molecule has 0 aromatic rings. The van der Waals surface area contributed by atoms with E-state index in [4.69, 9.17) is 0 Å². The molecule has 1 aliphatic carbocycles. The standard InChI is InChI=1S/C8H7N3O14S2/c1-25-8(12)2-3(9(13)14)6(26(19,20)21)5(11(17)18)7(27(22,23)24)4(2)10(15)16/h6-7H,1H3,(H2-2,13,14,17,18,19,20,21,22,23,24)/q-2/p-2.